The first-order chi connectivity index (χ1) is 17.8. The molecular formula is C27H23ClFN3O4S. The van der Waals surface area contributed by atoms with Gasteiger partial charge in [0.2, 0.25) is 11.8 Å². The Morgan fingerprint density at radius 1 is 1.19 bits per heavy atom. The van der Waals surface area contributed by atoms with E-state index < -0.39 is 17.7 Å². The highest BCUT2D eigenvalue weighted by molar-refractivity contribution is 7.14. The number of methoxy groups -OCH3 is 1. The van der Waals surface area contributed by atoms with Gasteiger partial charge in [0, 0.05) is 35.3 Å². The number of halogens is 2. The van der Waals surface area contributed by atoms with E-state index in [0.29, 0.717) is 22.0 Å². The Kier molecular flexibility index (Phi) is 8.15. The molecule has 0 bridgehead atoms. The van der Waals surface area contributed by atoms with Crippen LogP contribution in [0.2, 0.25) is 5.02 Å². The quantitative estimate of drug-likeness (QED) is 0.282. The van der Waals surface area contributed by atoms with Gasteiger partial charge in [-0.1, -0.05) is 54.1 Å². The van der Waals surface area contributed by atoms with E-state index in [1.807, 2.05) is 30.3 Å². The molecule has 2 heterocycles. The van der Waals surface area contributed by atoms with Crippen LogP contribution in [0.15, 0.2) is 66.2 Å². The summed E-state index contributed by atoms with van der Waals surface area (Å²) in [7, 11) is 3.00. The van der Waals surface area contributed by atoms with E-state index in [4.69, 9.17) is 16.3 Å². The lowest BCUT2D eigenvalue weighted by atomic mass is 9.95. The minimum atomic E-state index is -1.06. The molecule has 1 amide bonds. The average Bonchev–Trinajstić information content (AvgIpc) is 3.38. The zero-order valence-corrected chi connectivity index (χ0v) is 21.6. The van der Waals surface area contributed by atoms with Crippen LogP contribution in [0.1, 0.15) is 12.0 Å². The number of carbonyl (C=O) groups is 2. The van der Waals surface area contributed by atoms with Crippen LogP contribution in [0.5, 0.6) is 5.88 Å². The monoisotopic (exact) mass is 539 g/mol. The highest BCUT2D eigenvalue weighted by Crippen LogP contribution is 2.38. The van der Waals surface area contributed by atoms with Crippen LogP contribution < -0.4 is 9.64 Å². The zero-order chi connectivity index (χ0) is 26.5. The van der Waals surface area contributed by atoms with Crippen molar-refractivity contribution in [1.82, 2.24) is 9.97 Å². The van der Waals surface area contributed by atoms with Crippen molar-refractivity contribution in [1.29, 1.82) is 0 Å². The van der Waals surface area contributed by atoms with Crippen LogP contribution >= 0.6 is 22.9 Å². The number of anilines is 1. The Morgan fingerprint density at radius 3 is 2.62 bits per heavy atom. The maximum Gasteiger partial charge on any atom is 0.304 e. The van der Waals surface area contributed by atoms with Gasteiger partial charge in [-0.25, -0.2) is 14.4 Å². The number of carboxylic acids is 1. The lowest BCUT2D eigenvalue weighted by molar-refractivity contribution is -0.140. The van der Waals surface area contributed by atoms with E-state index in [1.54, 1.807) is 30.6 Å². The minimum Gasteiger partial charge on any atom is -0.481 e. The molecule has 0 aliphatic heterocycles. The number of pyridine rings is 1. The summed E-state index contributed by atoms with van der Waals surface area (Å²) in [4.78, 5) is 34.9. The summed E-state index contributed by atoms with van der Waals surface area (Å²) >= 11 is 7.43. The summed E-state index contributed by atoms with van der Waals surface area (Å²) in [5, 5.41) is 11.7. The highest BCUT2D eigenvalue weighted by Gasteiger charge is 2.28. The average molecular weight is 540 g/mol. The van der Waals surface area contributed by atoms with Crippen molar-refractivity contribution in [2.75, 3.05) is 19.1 Å². The van der Waals surface area contributed by atoms with E-state index in [1.165, 1.54) is 35.6 Å². The predicted molar refractivity (Wildman–Crippen MR) is 142 cm³/mol. The van der Waals surface area contributed by atoms with E-state index in [2.05, 4.69) is 9.97 Å². The summed E-state index contributed by atoms with van der Waals surface area (Å²) in [6, 6.07) is 15.5. The van der Waals surface area contributed by atoms with Gasteiger partial charge < -0.3 is 9.84 Å². The molecule has 0 fully saturated rings. The number of aliphatic carboxylic acids is 1. The first-order valence-electron chi connectivity index (χ1n) is 11.3. The SMILES string of the molecule is COc1ncc(-c2c(F)cccc2-c2csc(N(C)C(=O)C(CC(=O)O)Cc3ccccc3)n2)cc1Cl. The second-order valence-electron chi connectivity index (χ2n) is 8.27. The third-order valence-corrected chi connectivity index (χ3v) is 6.97. The molecule has 10 heteroatoms. The summed E-state index contributed by atoms with van der Waals surface area (Å²) in [6.07, 6.45) is 1.44. The van der Waals surface area contributed by atoms with Gasteiger partial charge in [0.25, 0.3) is 0 Å². The first kappa shape index (κ1) is 26.2. The van der Waals surface area contributed by atoms with E-state index in [0.717, 1.165) is 5.56 Å². The van der Waals surface area contributed by atoms with Gasteiger partial charge in [-0.3, -0.25) is 14.5 Å². The molecule has 1 N–H and O–H groups in total. The fourth-order valence-electron chi connectivity index (χ4n) is 4.01. The fourth-order valence-corrected chi connectivity index (χ4v) is 5.05. The fraction of sp³-hybridized carbons (Fsp3) is 0.185. The molecule has 0 spiro atoms. The molecule has 0 radical (unpaired) electrons. The van der Waals surface area contributed by atoms with Gasteiger partial charge in [-0.15, -0.1) is 11.3 Å². The Balaban J connectivity index is 1.64. The van der Waals surface area contributed by atoms with Gasteiger partial charge in [0.15, 0.2) is 5.13 Å². The Bertz CT molecular complexity index is 1430. The second-order valence-corrected chi connectivity index (χ2v) is 9.52. The first-order valence-corrected chi connectivity index (χ1v) is 12.5. The molecule has 0 aliphatic rings. The zero-order valence-electron chi connectivity index (χ0n) is 20.0. The van der Waals surface area contributed by atoms with Gasteiger partial charge in [-0.05, 0) is 24.1 Å². The number of hydrogen-bond acceptors (Lipinski definition) is 6. The highest BCUT2D eigenvalue weighted by atomic mass is 35.5. The summed E-state index contributed by atoms with van der Waals surface area (Å²) < 4.78 is 20.1. The molecule has 0 saturated heterocycles. The lowest BCUT2D eigenvalue weighted by Gasteiger charge is -2.21. The van der Waals surface area contributed by atoms with Crippen LogP contribution in [0, 0.1) is 11.7 Å². The summed E-state index contributed by atoms with van der Waals surface area (Å²) in [5.41, 5.74) is 2.53. The number of thiazole rings is 1. The topological polar surface area (TPSA) is 92.6 Å². The largest absolute Gasteiger partial charge is 0.481 e. The van der Waals surface area contributed by atoms with Gasteiger partial charge >= 0.3 is 5.97 Å². The smallest absolute Gasteiger partial charge is 0.304 e. The number of hydrogen-bond donors (Lipinski definition) is 1. The third kappa shape index (κ3) is 5.95. The number of carbonyl (C=O) groups excluding carboxylic acids is 1. The van der Waals surface area contributed by atoms with Gasteiger partial charge in [-0.2, -0.15) is 0 Å². The molecule has 2 aromatic heterocycles. The Hall–Kier alpha value is -3.82. The number of aromatic nitrogens is 2. The van der Waals surface area contributed by atoms with Crippen LogP contribution in [0.3, 0.4) is 0 Å². The minimum absolute atomic E-state index is 0.228. The van der Waals surface area contributed by atoms with Crippen molar-refractivity contribution in [2.45, 2.75) is 12.8 Å². The molecule has 7 nitrogen and oxygen atoms in total. The molecular weight excluding hydrogens is 517 g/mol. The van der Waals surface area contributed by atoms with E-state index in [-0.39, 0.29) is 35.2 Å². The maximum atomic E-state index is 15.0. The van der Waals surface area contributed by atoms with E-state index in [9.17, 15) is 14.7 Å². The van der Waals surface area contributed by atoms with Crippen LogP contribution in [-0.4, -0.2) is 41.1 Å². The summed E-state index contributed by atoms with van der Waals surface area (Å²) in [6.45, 7) is 0. The van der Waals surface area contributed by atoms with Crippen molar-refractivity contribution in [2.24, 2.45) is 5.92 Å². The number of ether oxygens (including phenoxy) is 1. The lowest BCUT2D eigenvalue weighted by Crippen LogP contribution is -2.35. The number of rotatable bonds is 9. The molecule has 37 heavy (non-hydrogen) atoms. The molecule has 4 rings (SSSR count). The molecule has 4 aromatic rings. The number of carboxylic acid groups (broad SMARTS) is 1. The molecule has 2 aromatic carbocycles. The molecule has 0 saturated carbocycles. The van der Waals surface area contributed by atoms with Crippen molar-refractivity contribution >= 4 is 39.9 Å². The summed E-state index contributed by atoms with van der Waals surface area (Å²) in [5.74, 6) is -2.44. The number of nitrogens with zero attached hydrogens (tertiary/aromatic N) is 3. The predicted octanol–water partition coefficient (Wildman–Crippen LogP) is 5.97. The Labute approximate surface area is 222 Å². The van der Waals surface area contributed by atoms with Crippen molar-refractivity contribution in [3.8, 4) is 28.3 Å². The molecule has 0 aliphatic carbocycles. The number of benzene rings is 2. The van der Waals surface area contributed by atoms with Crippen molar-refractivity contribution in [3.05, 3.63) is 82.6 Å². The van der Waals surface area contributed by atoms with Crippen LogP contribution in [0.25, 0.3) is 22.4 Å². The standard InChI is InChI=1S/C27H23ClFN3O4S/c1-32(26(35)17(13-23(33)34)11-16-7-4-3-5-8-16)27-31-22(15-37-27)19-9-6-10-21(29)24(19)18-12-20(28)25(36-2)30-14-18/h3-10,12,14-15,17H,11,13H2,1-2H3,(H,33,34). The van der Waals surface area contributed by atoms with Gasteiger partial charge in [0.05, 0.1) is 25.1 Å². The normalized spacial score (nSPS) is 11.7. The van der Waals surface area contributed by atoms with Gasteiger partial charge in [0.1, 0.15) is 10.8 Å². The number of amides is 1. The molecule has 190 valence electrons. The third-order valence-electron chi connectivity index (χ3n) is 5.78. The molecule has 1 atom stereocenters. The van der Waals surface area contributed by atoms with Crippen LogP contribution in [0.4, 0.5) is 9.52 Å². The van der Waals surface area contributed by atoms with Crippen molar-refractivity contribution < 1.29 is 23.8 Å². The van der Waals surface area contributed by atoms with Crippen LogP contribution in [-0.2, 0) is 16.0 Å². The maximum absolute atomic E-state index is 15.0. The van der Waals surface area contributed by atoms with E-state index >= 15 is 4.39 Å². The Morgan fingerprint density at radius 2 is 1.95 bits per heavy atom. The van der Waals surface area contributed by atoms with Crippen molar-refractivity contribution in [3.63, 3.8) is 0 Å². The second kappa shape index (κ2) is 11.5. The molecule has 1 unspecified atom stereocenters.